The molecule has 13 heteroatoms. The Morgan fingerprint density at radius 1 is 1.14 bits per heavy atom. The van der Waals surface area contributed by atoms with E-state index in [2.05, 4.69) is 9.73 Å². The van der Waals surface area contributed by atoms with E-state index < -0.39 is 41.7 Å². The van der Waals surface area contributed by atoms with Gasteiger partial charge in [0, 0.05) is 82.2 Å². The molecule has 0 unspecified atom stereocenters. The van der Waals surface area contributed by atoms with E-state index in [0.29, 0.717) is 31.4 Å². The van der Waals surface area contributed by atoms with Gasteiger partial charge in [-0.05, 0) is 31.0 Å². The van der Waals surface area contributed by atoms with Crippen molar-refractivity contribution in [1.82, 2.24) is 9.36 Å². The SMILES string of the molecule is Cn1c(C(C)(C)C)cc(=NC(=O)c2cc(C(F)(F)F)ccc2OCC(F)(F)F)n1C[C@H]1CCCO1.[K]. The van der Waals surface area contributed by atoms with E-state index in [1.54, 1.807) is 22.5 Å². The number of alkyl halides is 6. The van der Waals surface area contributed by atoms with Gasteiger partial charge < -0.3 is 9.47 Å². The van der Waals surface area contributed by atoms with Gasteiger partial charge in [0.15, 0.2) is 12.1 Å². The van der Waals surface area contributed by atoms with Crippen LogP contribution in [0.3, 0.4) is 0 Å². The second-order valence-electron chi connectivity index (χ2n) is 9.41. The Morgan fingerprint density at radius 3 is 2.33 bits per heavy atom. The van der Waals surface area contributed by atoms with Crippen LogP contribution in [-0.4, -0.2) is 92.1 Å². The Hall–Kier alpha value is -1.12. The minimum Gasteiger partial charge on any atom is -0.483 e. The van der Waals surface area contributed by atoms with Crippen LogP contribution in [0.2, 0.25) is 0 Å². The summed E-state index contributed by atoms with van der Waals surface area (Å²) in [6.45, 7) is 5.01. The summed E-state index contributed by atoms with van der Waals surface area (Å²) in [5.74, 6) is -1.79. The molecule has 1 aromatic carbocycles. The molecule has 3 rings (SSSR count). The maximum Gasteiger partial charge on any atom is 0.422 e. The number of nitrogens with zero attached hydrogens (tertiary/aromatic N) is 3. The predicted octanol–water partition coefficient (Wildman–Crippen LogP) is 4.62. The van der Waals surface area contributed by atoms with Crippen LogP contribution in [0.4, 0.5) is 26.3 Å². The van der Waals surface area contributed by atoms with Crippen molar-refractivity contribution in [2.24, 2.45) is 12.0 Å². The minimum atomic E-state index is -4.82. The Morgan fingerprint density at radius 2 is 1.81 bits per heavy atom. The van der Waals surface area contributed by atoms with Crippen LogP contribution in [0.25, 0.3) is 0 Å². The Labute approximate surface area is 247 Å². The number of hydrogen-bond donors (Lipinski definition) is 0. The van der Waals surface area contributed by atoms with Gasteiger partial charge in [0.1, 0.15) is 5.75 Å². The fourth-order valence-electron chi connectivity index (χ4n) is 3.89. The molecular weight excluding hydrogens is 519 g/mol. The first kappa shape index (κ1) is 31.1. The molecule has 1 radical (unpaired) electrons. The second-order valence-corrected chi connectivity index (χ2v) is 9.41. The van der Waals surface area contributed by atoms with Crippen LogP contribution < -0.4 is 10.2 Å². The largest absolute Gasteiger partial charge is 0.483 e. The average molecular weight is 547 g/mol. The summed E-state index contributed by atoms with van der Waals surface area (Å²) in [6, 6.07) is 3.34. The van der Waals surface area contributed by atoms with E-state index in [4.69, 9.17) is 4.74 Å². The molecular formula is C23H27F6KN3O3. The van der Waals surface area contributed by atoms with E-state index in [1.165, 1.54) is 0 Å². The first-order valence-electron chi connectivity index (χ1n) is 10.9. The molecule has 1 saturated heterocycles. The van der Waals surface area contributed by atoms with E-state index in [1.807, 2.05) is 20.8 Å². The molecule has 1 aliphatic rings. The van der Waals surface area contributed by atoms with Crippen LogP contribution in [0.15, 0.2) is 29.3 Å². The molecule has 2 heterocycles. The van der Waals surface area contributed by atoms with Crippen molar-refractivity contribution in [1.29, 1.82) is 0 Å². The molecule has 36 heavy (non-hydrogen) atoms. The van der Waals surface area contributed by atoms with Crippen LogP contribution in [-0.2, 0) is 29.9 Å². The quantitative estimate of drug-likeness (QED) is 0.406. The molecule has 1 amide bonds. The van der Waals surface area contributed by atoms with Gasteiger partial charge >= 0.3 is 12.4 Å². The first-order valence-corrected chi connectivity index (χ1v) is 10.9. The van der Waals surface area contributed by atoms with Crippen molar-refractivity contribution in [2.45, 2.75) is 64.0 Å². The molecule has 0 saturated carbocycles. The Bertz CT molecular complexity index is 1140. The number of rotatable bonds is 5. The van der Waals surface area contributed by atoms with Crippen molar-refractivity contribution in [3.63, 3.8) is 0 Å². The van der Waals surface area contributed by atoms with Gasteiger partial charge in [0.05, 0.1) is 23.8 Å². The van der Waals surface area contributed by atoms with Crippen LogP contribution >= 0.6 is 0 Å². The van der Waals surface area contributed by atoms with Crippen molar-refractivity contribution in [3.8, 4) is 5.75 Å². The summed E-state index contributed by atoms with van der Waals surface area (Å²) in [6.07, 6.45) is -8.03. The van der Waals surface area contributed by atoms with Gasteiger partial charge in [-0.3, -0.25) is 14.2 Å². The molecule has 1 aliphatic heterocycles. The van der Waals surface area contributed by atoms with Gasteiger partial charge in [0.2, 0.25) is 0 Å². The number of carbonyl (C=O) groups excluding carboxylic acids is 1. The van der Waals surface area contributed by atoms with E-state index in [0.717, 1.165) is 18.5 Å². The monoisotopic (exact) mass is 546 g/mol. The van der Waals surface area contributed by atoms with Crippen molar-refractivity contribution < 1.29 is 40.6 Å². The van der Waals surface area contributed by atoms with E-state index in [-0.39, 0.29) is 68.4 Å². The number of carbonyl (C=O) groups is 1. The number of amides is 1. The second kappa shape index (κ2) is 11.7. The topological polar surface area (TPSA) is 57.8 Å². The number of hydrogen-bond acceptors (Lipinski definition) is 3. The first-order chi connectivity index (χ1) is 16.1. The summed E-state index contributed by atoms with van der Waals surface area (Å²) >= 11 is 0. The van der Waals surface area contributed by atoms with Gasteiger partial charge in [-0.2, -0.15) is 31.3 Å². The van der Waals surface area contributed by atoms with Crippen molar-refractivity contribution in [3.05, 3.63) is 46.6 Å². The zero-order valence-electron chi connectivity index (χ0n) is 20.8. The smallest absolute Gasteiger partial charge is 0.422 e. The Kier molecular flexibility index (Phi) is 10.1. The number of benzene rings is 1. The third kappa shape index (κ3) is 7.94. The third-order valence-electron chi connectivity index (χ3n) is 5.55. The van der Waals surface area contributed by atoms with Gasteiger partial charge in [-0.25, -0.2) is 0 Å². The molecule has 6 nitrogen and oxygen atoms in total. The van der Waals surface area contributed by atoms with Crippen LogP contribution in [0.5, 0.6) is 5.75 Å². The zero-order valence-corrected chi connectivity index (χ0v) is 23.9. The average Bonchev–Trinajstić information content (AvgIpc) is 3.34. The zero-order chi connectivity index (χ0) is 26.2. The summed E-state index contributed by atoms with van der Waals surface area (Å²) in [5.41, 5.74) is -1.34. The van der Waals surface area contributed by atoms with Crippen molar-refractivity contribution in [2.75, 3.05) is 13.2 Å². The summed E-state index contributed by atoms with van der Waals surface area (Å²) in [5, 5.41) is 0. The maximum atomic E-state index is 13.3. The third-order valence-corrected chi connectivity index (χ3v) is 5.55. The fraction of sp³-hybridized carbons (Fsp3) is 0.565. The standard InChI is InChI=1S/C23H27F6N3O3.K/c1-21(2,3)18-11-19(32(31(18)4)12-15-6-5-9-34-15)30-20(33)16-10-14(23(27,28)29)7-8-17(16)35-13-22(24,25)26;/h7-8,10-11,15H,5-6,9,12-13H2,1-4H3;/t15-;/m1./s1. The fourth-order valence-corrected chi connectivity index (χ4v) is 3.89. The van der Waals surface area contributed by atoms with E-state index >= 15 is 0 Å². The number of ether oxygens (including phenoxy) is 2. The molecule has 1 fully saturated rings. The molecule has 2 aromatic rings. The number of aromatic nitrogens is 2. The molecule has 1 aromatic heterocycles. The van der Waals surface area contributed by atoms with Gasteiger partial charge in [-0.1, -0.05) is 20.8 Å². The maximum absolute atomic E-state index is 13.3. The summed E-state index contributed by atoms with van der Waals surface area (Å²) in [4.78, 5) is 17.1. The molecule has 1 atom stereocenters. The van der Waals surface area contributed by atoms with Gasteiger partial charge in [-0.15, -0.1) is 0 Å². The van der Waals surface area contributed by atoms with E-state index in [9.17, 15) is 31.1 Å². The molecule has 0 spiro atoms. The molecule has 195 valence electrons. The van der Waals surface area contributed by atoms with Crippen LogP contribution in [0, 0.1) is 0 Å². The predicted molar refractivity (Wildman–Crippen MR) is 120 cm³/mol. The molecule has 0 N–H and O–H groups in total. The van der Waals surface area contributed by atoms with Crippen LogP contribution in [0.1, 0.15) is 55.2 Å². The summed E-state index contributed by atoms with van der Waals surface area (Å²) in [7, 11) is 1.77. The normalized spacial score (nSPS) is 17.3. The molecule has 0 bridgehead atoms. The summed E-state index contributed by atoms with van der Waals surface area (Å²) < 4.78 is 91.6. The minimum absolute atomic E-state index is 0. The molecule has 0 aliphatic carbocycles. The Balaban J connectivity index is 0.00000456. The number of halogens is 6. The van der Waals surface area contributed by atoms with Crippen molar-refractivity contribution >= 4 is 57.3 Å². The van der Waals surface area contributed by atoms with Gasteiger partial charge in [0.25, 0.3) is 5.91 Å².